The second-order valence-electron chi connectivity index (χ2n) is 3.90. The largest absolute Gasteiger partial charge is 0.496 e. The topological polar surface area (TPSA) is 41.6 Å². The Hall–Kier alpha value is -1.62. The van der Waals surface area contributed by atoms with Crippen molar-refractivity contribution in [3.05, 3.63) is 29.6 Å². The Labute approximate surface area is 100 Å². The van der Waals surface area contributed by atoms with Crippen molar-refractivity contribution in [3.63, 3.8) is 0 Å². The normalized spacial score (nSPS) is 10.4. The Kier molecular flexibility index (Phi) is 4.90. The Balaban J connectivity index is 2.70. The molecule has 0 bridgehead atoms. The van der Waals surface area contributed by atoms with Gasteiger partial charge in [-0.05, 0) is 32.3 Å². The van der Waals surface area contributed by atoms with Crippen LogP contribution in [0.5, 0.6) is 5.75 Å². The van der Waals surface area contributed by atoms with Crippen LogP contribution in [0.25, 0.3) is 0 Å². The van der Waals surface area contributed by atoms with Crippen LogP contribution in [-0.2, 0) is 0 Å². The number of nitrogens with zero attached hydrogens (tertiary/aromatic N) is 1. The molecule has 1 N–H and O–H groups in total. The van der Waals surface area contributed by atoms with Crippen LogP contribution in [0.3, 0.4) is 0 Å². The highest BCUT2D eigenvalue weighted by atomic mass is 19.1. The van der Waals surface area contributed by atoms with Gasteiger partial charge in [0.2, 0.25) is 0 Å². The molecule has 4 nitrogen and oxygen atoms in total. The van der Waals surface area contributed by atoms with Crippen molar-refractivity contribution in [3.8, 4) is 5.75 Å². The summed E-state index contributed by atoms with van der Waals surface area (Å²) in [6.45, 7) is 1.23. The molecule has 94 valence electrons. The molecule has 17 heavy (non-hydrogen) atoms. The summed E-state index contributed by atoms with van der Waals surface area (Å²) in [5.74, 6) is -0.416. The van der Waals surface area contributed by atoms with E-state index in [4.69, 9.17) is 4.74 Å². The molecule has 0 fully saturated rings. The van der Waals surface area contributed by atoms with E-state index in [1.807, 2.05) is 19.0 Å². The van der Waals surface area contributed by atoms with Crippen LogP contribution in [0, 0.1) is 5.82 Å². The number of carbonyl (C=O) groups excluding carboxylic acids is 1. The Morgan fingerprint density at radius 1 is 1.47 bits per heavy atom. The molecular weight excluding hydrogens is 223 g/mol. The fourth-order valence-electron chi connectivity index (χ4n) is 1.35. The van der Waals surface area contributed by atoms with E-state index in [2.05, 4.69) is 5.32 Å². The zero-order chi connectivity index (χ0) is 12.8. The van der Waals surface area contributed by atoms with E-state index in [1.54, 1.807) is 0 Å². The smallest absolute Gasteiger partial charge is 0.255 e. The Morgan fingerprint density at radius 2 is 2.18 bits per heavy atom. The van der Waals surface area contributed by atoms with Crippen molar-refractivity contribution >= 4 is 5.91 Å². The van der Waals surface area contributed by atoms with Gasteiger partial charge < -0.3 is 15.0 Å². The highest BCUT2D eigenvalue weighted by Gasteiger charge is 2.12. The molecule has 0 aliphatic rings. The van der Waals surface area contributed by atoms with Gasteiger partial charge in [0.05, 0.1) is 12.7 Å². The number of methoxy groups -OCH3 is 1. The molecule has 0 unspecified atom stereocenters. The monoisotopic (exact) mass is 240 g/mol. The van der Waals surface area contributed by atoms with Crippen molar-refractivity contribution < 1.29 is 13.9 Å². The van der Waals surface area contributed by atoms with Crippen LogP contribution in [-0.4, -0.2) is 45.1 Å². The Bertz CT molecular complexity index is 394. The predicted molar refractivity (Wildman–Crippen MR) is 63.8 cm³/mol. The average molecular weight is 240 g/mol. The standard InChI is InChI=1S/C12H17FN2O2/c1-15(2)7-6-14-12(16)10-8-9(13)4-5-11(10)17-3/h4-5,8H,6-7H2,1-3H3,(H,14,16). The van der Waals surface area contributed by atoms with Crippen molar-refractivity contribution in [2.24, 2.45) is 0 Å². The van der Waals surface area contributed by atoms with Crippen LogP contribution in [0.15, 0.2) is 18.2 Å². The molecule has 0 aliphatic heterocycles. The molecule has 0 aliphatic carbocycles. The van der Waals surface area contributed by atoms with Crippen LogP contribution in [0.4, 0.5) is 4.39 Å². The fraction of sp³-hybridized carbons (Fsp3) is 0.417. The minimum Gasteiger partial charge on any atom is -0.496 e. The van der Waals surface area contributed by atoms with Crippen molar-refractivity contribution in [1.29, 1.82) is 0 Å². The maximum Gasteiger partial charge on any atom is 0.255 e. The summed E-state index contributed by atoms with van der Waals surface area (Å²) in [4.78, 5) is 13.7. The molecular formula is C12H17FN2O2. The maximum absolute atomic E-state index is 13.1. The Morgan fingerprint density at radius 3 is 2.76 bits per heavy atom. The third kappa shape index (κ3) is 4.03. The summed E-state index contributed by atoms with van der Waals surface area (Å²) in [7, 11) is 5.27. The number of likely N-dealkylation sites (N-methyl/N-ethyl adjacent to an activating group) is 1. The molecule has 0 spiro atoms. The van der Waals surface area contributed by atoms with E-state index in [0.29, 0.717) is 12.3 Å². The van der Waals surface area contributed by atoms with Crippen molar-refractivity contribution in [1.82, 2.24) is 10.2 Å². The van der Waals surface area contributed by atoms with Gasteiger partial charge in [-0.25, -0.2) is 4.39 Å². The van der Waals surface area contributed by atoms with Gasteiger partial charge in [0, 0.05) is 13.1 Å². The van der Waals surface area contributed by atoms with E-state index in [9.17, 15) is 9.18 Å². The highest BCUT2D eigenvalue weighted by molar-refractivity contribution is 5.96. The molecule has 5 heteroatoms. The molecule has 1 amide bonds. The van der Waals surface area contributed by atoms with Crippen LogP contribution < -0.4 is 10.1 Å². The quantitative estimate of drug-likeness (QED) is 0.838. The van der Waals surface area contributed by atoms with Gasteiger partial charge >= 0.3 is 0 Å². The summed E-state index contributed by atoms with van der Waals surface area (Å²) < 4.78 is 18.1. The van der Waals surface area contributed by atoms with Crippen molar-refractivity contribution in [2.75, 3.05) is 34.3 Å². The lowest BCUT2D eigenvalue weighted by atomic mass is 10.2. The fourth-order valence-corrected chi connectivity index (χ4v) is 1.35. The lowest BCUT2D eigenvalue weighted by molar-refractivity contribution is 0.0947. The summed E-state index contributed by atoms with van der Waals surface area (Å²) >= 11 is 0. The van der Waals surface area contributed by atoms with Gasteiger partial charge in [0.15, 0.2) is 0 Å². The molecule has 0 saturated heterocycles. The molecule has 0 saturated carbocycles. The van der Waals surface area contributed by atoms with Gasteiger partial charge in [-0.2, -0.15) is 0 Å². The van der Waals surface area contributed by atoms with Crippen molar-refractivity contribution in [2.45, 2.75) is 0 Å². The second kappa shape index (κ2) is 6.20. The number of hydrogen-bond acceptors (Lipinski definition) is 3. The molecule has 1 aromatic rings. The number of ether oxygens (including phenoxy) is 1. The first kappa shape index (κ1) is 13.4. The molecule has 0 aromatic heterocycles. The highest BCUT2D eigenvalue weighted by Crippen LogP contribution is 2.18. The van der Waals surface area contributed by atoms with Gasteiger partial charge in [-0.1, -0.05) is 0 Å². The average Bonchev–Trinajstić information content (AvgIpc) is 2.28. The van der Waals surface area contributed by atoms with E-state index in [1.165, 1.54) is 25.3 Å². The molecule has 1 aromatic carbocycles. The summed E-state index contributed by atoms with van der Waals surface area (Å²) in [5, 5.41) is 2.70. The molecule has 0 radical (unpaired) electrons. The first-order valence-corrected chi connectivity index (χ1v) is 5.31. The zero-order valence-electron chi connectivity index (χ0n) is 10.3. The number of halogens is 1. The van der Waals surface area contributed by atoms with E-state index < -0.39 is 5.82 Å². The van der Waals surface area contributed by atoms with E-state index in [0.717, 1.165) is 6.54 Å². The maximum atomic E-state index is 13.1. The lowest BCUT2D eigenvalue weighted by Gasteiger charge is -2.12. The molecule has 1 rings (SSSR count). The van der Waals surface area contributed by atoms with Gasteiger partial charge in [0.25, 0.3) is 5.91 Å². The van der Waals surface area contributed by atoms with Crippen LogP contribution in [0.1, 0.15) is 10.4 Å². The minimum atomic E-state index is -0.455. The summed E-state index contributed by atoms with van der Waals surface area (Å²) in [6.07, 6.45) is 0. The number of rotatable bonds is 5. The third-order valence-corrected chi connectivity index (χ3v) is 2.25. The first-order chi connectivity index (χ1) is 8.04. The zero-order valence-corrected chi connectivity index (χ0v) is 10.3. The number of amides is 1. The number of nitrogens with one attached hydrogen (secondary N) is 1. The van der Waals surface area contributed by atoms with E-state index >= 15 is 0 Å². The van der Waals surface area contributed by atoms with Crippen LogP contribution >= 0.6 is 0 Å². The summed E-state index contributed by atoms with van der Waals surface area (Å²) in [6, 6.07) is 3.87. The number of benzene rings is 1. The van der Waals surface area contributed by atoms with Gasteiger partial charge in [-0.3, -0.25) is 4.79 Å². The number of hydrogen-bond donors (Lipinski definition) is 1. The van der Waals surface area contributed by atoms with Gasteiger partial charge in [0.1, 0.15) is 11.6 Å². The third-order valence-electron chi connectivity index (χ3n) is 2.25. The minimum absolute atomic E-state index is 0.214. The SMILES string of the molecule is COc1ccc(F)cc1C(=O)NCCN(C)C. The summed E-state index contributed by atoms with van der Waals surface area (Å²) in [5.41, 5.74) is 0.214. The molecule has 0 heterocycles. The van der Waals surface area contributed by atoms with E-state index in [-0.39, 0.29) is 11.5 Å². The second-order valence-corrected chi connectivity index (χ2v) is 3.90. The number of carbonyl (C=O) groups is 1. The van der Waals surface area contributed by atoms with Gasteiger partial charge in [-0.15, -0.1) is 0 Å². The predicted octanol–water partition coefficient (Wildman–Crippen LogP) is 1.13. The first-order valence-electron chi connectivity index (χ1n) is 5.31. The van der Waals surface area contributed by atoms with Crippen LogP contribution in [0.2, 0.25) is 0 Å². The molecule has 0 atom stereocenters. The lowest BCUT2D eigenvalue weighted by Crippen LogP contribution is -2.31.